The lowest BCUT2D eigenvalue weighted by Crippen LogP contribution is -2.12. The molecule has 0 bridgehead atoms. The first-order valence-electron chi connectivity index (χ1n) is 5.75. The molecule has 102 valence electrons. The van der Waals surface area contributed by atoms with Crippen LogP contribution in [-0.4, -0.2) is 18.6 Å². The number of hydrogen-bond acceptors (Lipinski definition) is 3. The number of benzene rings is 2. The number of nitrogens with one attached hydrogen (secondary N) is 2. The lowest BCUT2D eigenvalue weighted by Gasteiger charge is -2.07. The highest BCUT2D eigenvalue weighted by atomic mass is 79.9. The zero-order valence-corrected chi connectivity index (χ0v) is 12.6. The maximum absolute atomic E-state index is 12.1. The summed E-state index contributed by atoms with van der Waals surface area (Å²) in [5.41, 5.74) is 0.515. The SMILES string of the molecule is O=S(=O)(Nc1ccc2cc(Br)ccc2c1)c1cn[nH]c1. The van der Waals surface area contributed by atoms with Gasteiger partial charge in [-0.2, -0.15) is 5.10 Å². The summed E-state index contributed by atoms with van der Waals surface area (Å²) in [4.78, 5) is 0.105. The van der Waals surface area contributed by atoms with Gasteiger partial charge in [-0.1, -0.05) is 28.1 Å². The fraction of sp³-hybridized carbons (Fsp3) is 0. The van der Waals surface area contributed by atoms with Crippen LogP contribution in [0.1, 0.15) is 0 Å². The van der Waals surface area contributed by atoms with Crippen molar-refractivity contribution in [3.05, 3.63) is 53.3 Å². The van der Waals surface area contributed by atoms with Crippen molar-refractivity contribution in [3.8, 4) is 0 Å². The van der Waals surface area contributed by atoms with E-state index in [1.807, 2.05) is 24.3 Å². The zero-order chi connectivity index (χ0) is 14.2. The number of aromatic nitrogens is 2. The van der Waals surface area contributed by atoms with Crippen molar-refractivity contribution in [1.29, 1.82) is 0 Å². The van der Waals surface area contributed by atoms with E-state index in [0.29, 0.717) is 5.69 Å². The molecule has 0 unspecified atom stereocenters. The van der Waals surface area contributed by atoms with Crippen molar-refractivity contribution < 1.29 is 8.42 Å². The molecule has 3 aromatic rings. The summed E-state index contributed by atoms with van der Waals surface area (Å²) in [5, 5.41) is 8.12. The summed E-state index contributed by atoms with van der Waals surface area (Å²) < 4.78 is 27.7. The van der Waals surface area contributed by atoms with Crippen LogP contribution in [0.15, 0.2) is 58.2 Å². The van der Waals surface area contributed by atoms with Gasteiger partial charge in [0.1, 0.15) is 4.90 Å². The molecule has 0 atom stereocenters. The van der Waals surface area contributed by atoms with Crippen LogP contribution in [0.3, 0.4) is 0 Å². The third kappa shape index (κ3) is 2.54. The molecule has 0 radical (unpaired) electrons. The van der Waals surface area contributed by atoms with Crippen LogP contribution < -0.4 is 4.72 Å². The van der Waals surface area contributed by atoms with Gasteiger partial charge in [-0.3, -0.25) is 9.82 Å². The second kappa shape index (κ2) is 4.92. The first kappa shape index (κ1) is 13.1. The molecule has 2 N–H and O–H groups in total. The van der Waals surface area contributed by atoms with Crippen molar-refractivity contribution in [2.45, 2.75) is 4.90 Å². The first-order chi connectivity index (χ1) is 9.54. The number of hydrogen-bond donors (Lipinski definition) is 2. The van der Waals surface area contributed by atoms with Crippen molar-refractivity contribution in [2.75, 3.05) is 4.72 Å². The lowest BCUT2D eigenvalue weighted by molar-refractivity contribution is 0.601. The molecule has 2 aromatic carbocycles. The summed E-state index contributed by atoms with van der Waals surface area (Å²) in [5.74, 6) is 0. The Kier molecular flexibility index (Phi) is 3.23. The number of halogens is 1. The Hall–Kier alpha value is -1.86. The molecule has 5 nitrogen and oxygen atoms in total. The molecule has 3 rings (SSSR count). The Labute approximate surface area is 124 Å². The smallest absolute Gasteiger partial charge is 0.265 e. The van der Waals surface area contributed by atoms with Gasteiger partial charge >= 0.3 is 0 Å². The van der Waals surface area contributed by atoms with Crippen molar-refractivity contribution >= 4 is 42.4 Å². The Morgan fingerprint density at radius 3 is 2.60 bits per heavy atom. The quantitative estimate of drug-likeness (QED) is 0.761. The highest BCUT2D eigenvalue weighted by molar-refractivity contribution is 9.10. The second-order valence-corrected chi connectivity index (χ2v) is 6.84. The predicted molar refractivity (Wildman–Crippen MR) is 81.0 cm³/mol. The van der Waals surface area contributed by atoms with Crippen molar-refractivity contribution in [2.24, 2.45) is 0 Å². The van der Waals surface area contributed by atoms with E-state index >= 15 is 0 Å². The van der Waals surface area contributed by atoms with Gasteiger partial charge in [0.25, 0.3) is 10.0 Å². The normalized spacial score (nSPS) is 11.7. The van der Waals surface area contributed by atoms with Crippen LogP contribution in [0.5, 0.6) is 0 Å². The number of nitrogens with zero attached hydrogens (tertiary/aromatic N) is 1. The maximum atomic E-state index is 12.1. The van der Waals surface area contributed by atoms with Gasteiger partial charge in [-0.25, -0.2) is 8.42 Å². The molecular weight excluding hydrogens is 342 g/mol. The molecule has 1 aromatic heterocycles. The predicted octanol–water partition coefficient (Wildman–Crippen LogP) is 3.13. The summed E-state index contributed by atoms with van der Waals surface area (Å²) in [6.45, 7) is 0. The summed E-state index contributed by atoms with van der Waals surface area (Å²) in [7, 11) is -3.60. The van der Waals surface area contributed by atoms with Crippen molar-refractivity contribution in [3.63, 3.8) is 0 Å². The molecule has 0 aliphatic rings. The van der Waals surface area contributed by atoms with Gasteiger partial charge in [-0.15, -0.1) is 0 Å². The number of rotatable bonds is 3. The number of H-pyrrole nitrogens is 1. The van der Waals surface area contributed by atoms with Crippen LogP contribution in [-0.2, 0) is 10.0 Å². The molecule has 0 saturated carbocycles. The number of anilines is 1. The highest BCUT2D eigenvalue weighted by Crippen LogP contribution is 2.24. The molecular formula is C13H10BrN3O2S. The molecule has 0 aliphatic carbocycles. The van der Waals surface area contributed by atoms with Gasteiger partial charge in [0.15, 0.2) is 0 Å². The Bertz CT molecular complexity index is 860. The number of sulfonamides is 1. The van der Waals surface area contributed by atoms with Crippen LogP contribution in [0, 0.1) is 0 Å². The highest BCUT2D eigenvalue weighted by Gasteiger charge is 2.15. The summed E-state index contributed by atoms with van der Waals surface area (Å²) >= 11 is 3.40. The standard InChI is InChI=1S/C13H10BrN3O2S/c14-11-3-1-10-6-12(4-2-9(10)5-11)17-20(18,19)13-7-15-16-8-13/h1-8,17H,(H,15,16). The Balaban J connectivity index is 1.98. The van der Waals surface area contributed by atoms with Crippen LogP contribution in [0.4, 0.5) is 5.69 Å². The topological polar surface area (TPSA) is 74.8 Å². The third-order valence-electron chi connectivity index (χ3n) is 2.84. The number of aromatic amines is 1. The van der Waals surface area contributed by atoms with Gasteiger partial charge < -0.3 is 0 Å². The van der Waals surface area contributed by atoms with Crippen LogP contribution in [0.2, 0.25) is 0 Å². The summed E-state index contributed by atoms with van der Waals surface area (Å²) in [6, 6.07) is 11.2. The van der Waals surface area contributed by atoms with Gasteiger partial charge in [0.2, 0.25) is 0 Å². The van der Waals surface area contributed by atoms with E-state index in [1.54, 1.807) is 12.1 Å². The first-order valence-corrected chi connectivity index (χ1v) is 8.03. The second-order valence-electron chi connectivity index (χ2n) is 4.25. The van der Waals surface area contributed by atoms with E-state index in [9.17, 15) is 8.42 Å². The van der Waals surface area contributed by atoms with E-state index in [1.165, 1.54) is 12.4 Å². The average molecular weight is 352 g/mol. The van der Waals surface area contributed by atoms with E-state index in [-0.39, 0.29) is 4.90 Å². The zero-order valence-electron chi connectivity index (χ0n) is 10.2. The van der Waals surface area contributed by atoms with Crippen LogP contribution >= 0.6 is 15.9 Å². The van der Waals surface area contributed by atoms with Gasteiger partial charge in [-0.05, 0) is 35.0 Å². The lowest BCUT2D eigenvalue weighted by atomic mass is 10.1. The minimum atomic E-state index is -3.60. The average Bonchev–Trinajstić information content (AvgIpc) is 2.93. The Morgan fingerprint density at radius 2 is 1.85 bits per heavy atom. The largest absolute Gasteiger partial charge is 0.284 e. The van der Waals surface area contributed by atoms with Gasteiger partial charge in [0, 0.05) is 16.4 Å². The third-order valence-corrected chi connectivity index (χ3v) is 4.68. The van der Waals surface area contributed by atoms with E-state index < -0.39 is 10.0 Å². The molecule has 7 heteroatoms. The molecule has 0 aliphatic heterocycles. The van der Waals surface area contributed by atoms with Gasteiger partial charge in [0.05, 0.1) is 6.20 Å². The van der Waals surface area contributed by atoms with E-state index in [2.05, 4.69) is 30.8 Å². The summed E-state index contributed by atoms with van der Waals surface area (Å²) in [6.07, 6.45) is 2.60. The van der Waals surface area contributed by atoms with Crippen LogP contribution in [0.25, 0.3) is 10.8 Å². The minimum absolute atomic E-state index is 0.105. The number of fused-ring (bicyclic) bond motifs is 1. The van der Waals surface area contributed by atoms with E-state index in [4.69, 9.17) is 0 Å². The molecule has 0 fully saturated rings. The molecule has 0 spiro atoms. The monoisotopic (exact) mass is 351 g/mol. The fourth-order valence-electron chi connectivity index (χ4n) is 1.88. The van der Waals surface area contributed by atoms with E-state index in [0.717, 1.165) is 15.2 Å². The molecule has 1 heterocycles. The van der Waals surface area contributed by atoms with Crippen molar-refractivity contribution in [1.82, 2.24) is 10.2 Å². The minimum Gasteiger partial charge on any atom is -0.284 e. The fourth-order valence-corrected chi connectivity index (χ4v) is 3.21. The molecule has 20 heavy (non-hydrogen) atoms. The molecule has 0 saturated heterocycles. The maximum Gasteiger partial charge on any atom is 0.265 e. The Morgan fingerprint density at radius 1 is 1.10 bits per heavy atom. The molecule has 0 amide bonds.